The molecule has 0 aromatic carbocycles. The van der Waals surface area contributed by atoms with Crippen molar-refractivity contribution in [2.75, 3.05) is 0 Å². The molecule has 1 unspecified atom stereocenters. The Morgan fingerprint density at radius 1 is 1.71 bits per heavy atom. The van der Waals surface area contributed by atoms with Crippen molar-refractivity contribution in [2.24, 2.45) is 5.92 Å². The molecule has 0 radical (unpaired) electrons. The van der Waals surface area contributed by atoms with Gasteiger partial charge in [0.1, 0.15) is 0 Å². The normalized spacial score (nSPS) is 12.4. The highest BCUT2D eigenvalue weighted by molar-refractivity contribution is 9.10. The zero-order valence-electron chi connectivity index (χ0n) is 7.90. The van der Waals surface area contributed by atoms with Crippen molar-refractivity contribution in [2.45, 2.75) is 19.8 Å². The second-order valence-electron chi connectivity index (χ2n) is 3.25. The van der Waals surface area contributed by atoms with Crippen molar-refractivity contribution >= 4 is 21.9 Å². The van der Waals surface area contributed by atoms with Gasteiger partial charge in [0.05, 0.1) is 5.92 Å². The smallest absolute Gasteiger partial charge is 0.306 e. The zero-order chi connectivity index (χ0) is 10.6. The summed E-state index contributed by atoms with van der Waals surface area (Å²) < 4.78 is 0.942. The Labute approximate surface area is 91.3 Å². The van der Waals surface area contributed by atoms with Gasteiger partial charge >= 0.3 is 5.97 Å². The van der Waals surface area contributed by atoms with E-state index in [4.69, 9.17) is 5.11 Å². The summed E-state index contributed by atoms with van der Waals surface area (Å²) in [5.74, 6) is -1.04. The number of pyridine rings is 1. The molecule has 14 heavy (non-hydrogen) atoms. The van der Waals surface area contributed by atoms with Gasteiger partial charge in [0.2, 0.25) is 0 Å². The molecule has 0 saturated heterocycles. The van der Waals surface area contributed by atoms with E-state index in [-0.39, 0.29) is 5.92 Å². The largest absolute Gasteiger partial charge is 0.481 e. The van der Waals surface area contributed by atoms with Crippen LogP contribution in [0.25, 0.3) is 0 Å². The Bertz CT molecular complexity index is 328. The van der Waals surface area contributed by atoms with E-state index in [0.29, 0.717) is 6.42 Å². The number of carboxylic acid groups (broad SMARTS) is 1. The summed E-state index contributed by atoms with van der Waals surface area (Å²) in [4.78, 5) is 14.5. The van der Waals surface area contributed by atoms with Crippen molar-refractivity contribution in [3.8, 4) is 0 Å². The SMILES string of the molecule is CC(CCc1ccncc1Br)C(=O)O. The number of halogens is 1. The van der Waals surface area contributed by atoms with Crippen LogP contribution in [0.15, 0.2) is 22.9 Å². The number of aromatic nitrogens is 1. The van der Waals surface area contributed by atoms with E-state index in [1.54, 1.807) is 19.3 Å². The van der Waals surface area contributed by atoms with Gasteiger partial charge in [-0.05, 0) is 40.4 Å². The molecule has 0 aliphatic carbocycles. The number of rotatable bonds is 4. The molecule has 1 heterocycles. The minimum Gasteiger partial charge on any atom is -0.481 e. The third-order valence-electron chi connectivity index (χ3n) is 2.12. The number of carbonyl (C=O) groups is 1. The minimum absolute atomic E-state index is 0.296. The van der Waals surface area contributed by atoms with Gasteiger partial charge in [-0.2, -0.15) is 0 Å². The molecule has 1 N–H and O–H groups in total. The summed E-state index contributed by atoms with van der Waals surface area (Å²) in [7, 11) is 0. The predicted molar refractivity (Wildman–Crippen MR) is 57.1 cm³/mol. The van der Waals surface area contributed by atoms with Gasteiger partial charge in [-0.15, -0.1) is 0 Å². The van der Waals surface area contributed by atoms with Crippen LogP contribution in [0.1, 0.15) is 18.9 Å². The lowest BCUT2D eigenvalue weighted by Crippen LogP contribution is -2.10. The molecular weight excluding hydrogens is 246 g/mol. The quantitative estimate of drug-likeness (QED) is 0.902. The van der Waals surface area contributed by atoms with Gasteiger partial charge in [0, 0.05) is 16.9 Å². The highest BCUT2D eigenvalue weighted by atomic mass is 79.9. The number of hydrogen-bond acceptors (Lipinski definition) is 2. The number of aliphatic carboxylic acids is 1. The van der Waals surface area contributed by atoms with Gasteiger partial charge in [-0.25, -0.2) is 0 Å². The molecule has 4 heteroatoms. The number of carboxylic acids is 1. The molecular formula is C10H12BrNO2. The van der Waals surface area contributed by atoms with Gasteiger partial charge < -0.3 is 5.11 Å². The molecule has 0 saturated carbocycles. The average Bonchev–Trinajstić information content (AvgIpc) is 2.16. The van der Waals surface area contributed by atoms with E-state index in [1.807, 2.05) is 6.07 Å². The van der Waals surface area contributed by atoms with Crippen LogP contribution in [0.2, 0.25) is 0 Å². The minimum atomic E-state index is -0.741. The second kappa shape index (κ2) is 5.10. The first kappa shape index (κ1) is 11.2. The number of aryl methyl sites for hydroxylation is 1. The van der Waals surface area contributed by atoms with Crippen LogP contribution in [0.3, 0.4) is 0 Å². The van der Waals surface area contributed by atoms with Crippen LogP contribution < -0.4 is 0 Å². The molecule has 0 amide bonds. The fourth-order valence-electron chi connectivity index (χ4n) is 1.10. The molecule has 0 aliphatic heterocycles. The fourth-order valence-corrected chi connectivity index (χ4v) is 1.55. The second-order valence-corrected chi connectivity index (χ2v) is 4.10. The van der Waals surface area contributed by atoms with Crippen molar-refractivity contribution in [3.63, 3.8) is 0 Å². The molecule has 0 bridgehead atoms. The van der Waals surface area contributed by atoms with Gasteiger partial charge in [-0.1, -0.05) is 6.92 Å². The van der Waals surface area contributed by atoms with E-state index < -0.39 is 5.97 Å². The van der Waals surface area contributed by atoms with Crippen LogP contribution >= 0.6 is 15.9 Å². The summed E-state index contributed by atoms with van der Waals surface area (Å²) in [6, 6.07) is 1.90. The Morgan fingerprint density at radius 2 is 2.43 bits per heavy atom. The topological polar surface area (TPSA) is 50.2 Å². The number of nitrogens with zero attached hydrogens (tertiary/aromatic N) is 1. The molecule has 3 nitrogen and oxygen atoms in total. The third kappa shape index (κ3) is 3.10. The molecule has 1 aromatic heterocycles. The van der Waals surface area contributed by atoms with E-state index in [2.05, 4.69) is 20.9 Å². The van der Waals surface area contributed by atoms with Gasteiger partial charge in [-0.3, -0.25) is 9.78 Å². The maximum Gasteiger partial charge on any atom is 0.306 e. The predicted octanol–water partition coefficient (Wildman–Crippen LogP) is 2.50. The van der Waals surface area contributed by atoms with Crippen LogP contribution in [-0.4, -0.2) is 16.1 Å². The Hall–Kier alpha value is -0.900. The molecule has 1 rings (SSSR count). The Balaban J connectivity index is 2.54. The Kier molecular flexibility index (Phi) is 4.07. The zero-order valence-corrected chi connectivity index (χ0v) is 9.49. The van der Waals surface area contributed by atoms with E-state index >= 15 is 0 Å². The monoisotopic (exact) mass is 257 g/mol. The summed E-state index contributed by atoms with van der Waals surface area (Å²) >= 11 is 3.37. The highest BCUT2D eigenvalue weighted by Crippen LogP contribution is 2.18. The summed E-state index contributed by atoms with van der Waals surface area (Å²) in [6.07, 6.45) is 4.85. The van der Waals surface area contributed by atoms with Crippen LogP contribution in [0, 0.1) is 5.92 Å². The summed E-state index contributed by atoms with van der Waals surface area (Å²) in [5, 5.41) is 8.71. The maximum absolute atomic E-state index is 10.6. The van der Waals surface area contributed by atoms with Crippen molar-refractivity contribution < 1.29 is 9.90 Å². The highest BCUT2D eigenvalue weighted by Gasteiger charge is 2.11. The van der Waals surface area contributed by atoms with Crippen molar-refractivity contribution in [3.05, 3.63) is 28.5 Å². The summed E-state index contributed by atoms with van der Waals surface area (Å²) in [6.45, 7) is 1.72. The van der Waals surface area contributed by atoms with Crippen molar-refractivity contribution in [1.82, 2.24) is 4.98 Å². The number of hydrogen-bond donors (Lipinski definition) is 1. The molecule has 0 aliphatic rings. The van der Waals surface area contributed by atoms with E-state index in [9.17, 15) is 4.79 Å². The lowest BCUT2D eigenvalue weighted by molar-refractivity contribution is -0.141. The molecule has 1 aromatic rings. The average molecular weight is 258 g/mol. The van der Waals surface area contributed by atoms with Crippen LogP contribution in [0.4, 0.5) is 0 Å². The molecule has 1 atom stereocenters. The Morgan fingerprint density at radius 3 is 3.00 bits per heavy atom. The lowest BCUT2D eigenvalue weighted by atomic mass is 10.0. The first-order chi connectivity index (χ1) is 6.61. The molecule has 76 valence electrons. The van der Waals surface area contributed by atoms with Crippen LogP contribution in [-0.2, 0) is 11.2 Å². The first-order valence-electron chi connectivity index (χ1n) is 4.42. The van der Waals surface area contributed by atoms with Gasteiger partial charge in [0.25, 0.3) is 0 Å². The lowest BCUT2D eigenvalue weighted by Gasteiger charge is -2.06. The van der Waals surface area contributed by atoms with Crippen LogP contribution in [0.5, 0.6) is 0 Å². The molecule has 0 spiro atoms. The van der Waals surface area contributed by atoms with Crippen molar-refractivity contribution in [1.29, 1.82) is 0 Å². The molecule has 0 fully saturated rings. The first-order valence-corrected chi connectivity index (χ1v) is 5.21. The van der Waals surface area contributed by atoms with Gasteiger partial charge in [0.15, 0.2) is 0 Å². The van der Waals surface area contributed by atoms with E-state index in [1.165, 1.54) is 0 Å². The standard InChI is InChI=1S/C10H12BrNO2/c1-7(10(13)14)2-3-8-4-5-12-6-9(8)11/h4-7H,2-3H2,1H3,(H,13,14). The van der Waals surface area contributed by atoms with E-state index in [0.717, 1.165) is 16.5 Å². The fraction of sp³-hybridized carbons (Fsp3) is 0.400. The summed E-state index contributed by atoms with van der Waals surface area (Å²) in [5.41, 5.74) is 1.10. The maximum atomic E-state index is 10.6. The third-order valence-corrected chi connectivity index (χ3v) is 2.84.